The van der Waals surface area contributed by atoms with E-state index in [0.29, 0.717) is 25.7 Å². The SMILES string of the molecule is C=C1NC(=O)NC(C(=O)NC2CCC(OC)(c3ccc(F)cc3)CC2)=C1N. The largest absolute Gasteiger partial charge is 0.395 e. The van der Waals surface area contributed by atoms with Crippen LogP contribution < -0.4 is 21.7 Å². The zero-order chi connectivity index (χ0) is 19.6. The number of benzene rings is 1. The van der Waals surface area contributed by atoms with E-state index in [-0.39, 0.29) is 29.0 Å². The molecule has 1 fully saturated rings. The van der Waals surface area contributed by atoms with Crippen LogP contribution in [0.5, 0.6) is 0 Å². The van der Waals surface area contributed by atoms with E-state index in [4.69, 9.17) is 10.5 Å². The van der Waals surface area contributed by atoms with Crippen molar-refractivity contribution in [1.29, 1.82) is 0 Å². The Bertz CT molecular complexity index is 796. The number of amides is 3. The number of hydrogen-bond donors (Lipinski definition) is 4. The first-order valence-corrected chi connectivity index (χ1v) is 8.74. The summed E-state index contributed by atoms with van der Waals surface area (Å²) in [4.78, 5) is 24.0. The predicted octanol–water partition coefficient (Wildman–Crippen LogP) is 1.72. The summed E-state index contributed by atoms with van der Waals surface area (Å²) in [6.45, 7) is 3.62. The molecule has 0 unspecified atom stereocenters. The third kappa shape index (κ3) is 3.80. The first-order chi connectivity index (χ1) is 12.8. The number of nitrogens with two attached hydrogens (primary N) is 1. The van der Waals surface area contributed by atoms with E-state index < -0.39 is 17.5 Å². The molecule has 1 saturated carbocycles. The Hall–Kier alpha value is -2.87. The van der Waals surface area contributed by atoms with Gasteiger partial charge < -0.3 is 26.4 Å². The predicted molar refractivity (Wildman–Crippen MR) is 97.5 cm³/mol. The van der Waals surface area contributed by atoms with E-state index in [1.165, 1.54) is 12.1 Å². The lowest BCUT2D eigenvalue weighted by Gasteiger charge is -2.40. The molecule has 0 radical (unpaired) electrons. The zero-order valence-corrected chi connectivity index (χ0v) is 15.1. The minimum absolute atomic E-state index is 0.00543. The van der Waals surface area contributed by atoms with Gasteiger partial charge in [-0.3, -0.25) is 4.79 Å². The number of halogens is 1. The van der Waals surface area contributed by atoms with Crippen molar-refractivity contribution < 1.29 is 18.7 Å². The minimum atomic E-state index is -0.544. The molecular formula is C19H23FN4O3. The molecule has 1 aromatic rings. The van der Waals surface area contributed by atoms with Crippen molar-refractivity contribution in [2.45, 2.75) is 37.3 Å². The first kappa shape index (κ1) is 18.9. The Labute approximate surface area is 156 Å². The number of carbonyl (C=O) groups excluding carboxylic acids is 2. The maximum Gasteiger partial charge on any atom is 0.323 e. The summed E-state index contributed by atoms with van der Waals surface area (Å²) < 4.78 is 19.0. The van der Waals surface area contributed by atoms with Gasteiger partial charge in [0.25, 0.3) is 5.91 Å². The lowest BCUT2D eigenvalue weighted by atomic mass is 9.77. The van der Waals surface area contributed by atoms with Crippen molar-refractivity contribution in [3.8, 4) is 0 Å². The highest BCUT2D eigenvalue weighted by atomic mass is 19.1. The van der Waals surface area contributed by atoms with Gasteiger partial charge in [0.15, 0.2) is 0 Å². The zero-order valence-electron chi connectivity index (χ0n) is 15.1. The number of urea groups is 1. The second-order valence-corrected chi connectivity index (χ2v) is 6.80. The summed E-state index contributed by atoms with van der Waals surface area (Å²) in [7, 11) is 1.64. The molecule has 2 aliphatic rings. The van der Waals surface area contributed by atoms with Gasteiger partial charge in [0.1, 0.15) is 11.5 Å². The van der Waals surface area contributed by atoms with Crippen LogP contribution >= 0.6 is 0 Å². The van der Waals surface area contributed by atoms with Gasteiger partial charge in [-0.25, -0.2) is 9.18 Å². The van der Waals surface area contributed by atoms with Crippen LogP contribution in [0.15, 0.2) is 47.9 Å². The van der Waals surface area contributed by atoms with Crippen LogP contribution in [0.4, 0.5) is 9.18 Å². The van der Waals surface area contributed by atoms with Crippen LogP contribution in [0.1, 0.15) is 31.2 Å². The fraction of sp³-hybridized carbons (Fsp3) is 0.368. The van der Waals surface area contributed by atoms with E-state index in [1.807, 2.05) is 0 Å². The van der Waals surface area contributed by atoms with Gasteiger partial charge in [-0.2, -0.15) is 0 Å². The Morgan fingerprint density at radius 3 is 2.52 bits per heavy atom. The molecule has 3 amide bonds. The van der Waals surface area contributed by atoms with Crippen molar-refractivity contribution in [2.75, 3.05) is 7.11 Å². The van der Waals surface area contributed by atoms with Gasteiger partial charge in [0.2, 0.25) is 0 Å². The quantitative estimate of drug-likeness (QED) is 0.644. The topological polar surface area (TPSA) is 105 Å². The van der Waals surface area contributed by atoms with Crippen molar-refractivity contribution in [3.63, 3.8) is 0 Å². The molecule has 0 bridgehead atoms. The van der Waals surface area contributed by atoms with Gasteiger partial charge in [-0.15, -0.1) is 0 Å². The number of carbonyl (C=O) groups is 2. The second-order valence-electron chi connectivity index (χ2n) is 6.80. The van der Waals surface area contributed by atoms with Crippen LogP contribution in [0.25, 0.3) is 0 Å². The molecule has 7 nitrogen and oxygen atoms in total. The second kappa shape index (κ2) is 7.40. The Morgan fingerprint density at radius 1 is 1.30 bits per heavy atom. The molecule has 3 rings (SSSR count). The standard InChI is InChI=1S/C19H23FN4O3/c1-11-15(21)16(24-18(26)22-11)17(25)23-14-7-9-19(27-2,10-8-14)12-3-5-13(20)6-4-12/h3-6,14H,1,7-10,21H2,2H3,(H,23,25)(H2,22,24,26). The summed E-state index contributed by atoms with van der Waals surface area (Å²) in [5, 5.41) is 7.73. The Balaban J connectivity index is 1.66. The first-order valence-electron chi connectivity index (χ1n) is 8.74. The third-order valence-electron chi connectivity index (χ3n) is 5.21. The molecule has 1 aliphatic heterocycles. The fourth-order valence-electron chi connectivity index (χ4n) is 3.60. The van der Waals surface area contributed by atoms with E-state index in [0.717, 1.165) is 5.56 Å². The van der Waals surface area contributed by atoms with E-state index in [2.05, 4.69) is 22.5 Å². The van der Waals surface area contributed by atoms with Crippen LogP contribution in [0.3, 0.4) is 0 Å². The molecule has 144 valence electrons. The fourth-order valence-corrected chi connectivity index (χ4v) is 3.60. The molecule has 5 N–H and O–H groups in total. The minimum Gasteiger partial charge on any atom is -0.395 e. The average molecular weight is 374 g/mol. The van der Waals surface area contributed by atoms with Crippen LogP contribution in [0, 0.1) is 5.82 Å². The number of rotatable bonds is 4. The normalized spacial score (nSPS) is 25.6. The van der Waals surface area contributed by atoms with Crippen molar-refractivity contribution in [3.05, 3.63) is 59.3 Å². The lowest BCUT2D eigenvalue weighted by molar-refractivity contribution is -0.119. The summed E-state index contributed by atoms with van der Waals surface area (Å²) in [6, 6.07) is 5.69. The van der Waals surface area contributed by atoms with Gasteiger partial charge in [0.05, 0.1) is 17.0 Å². The molecule has 0 aromatic heterocycles. The van der Waals surface area contributed by atoms with Crippen LogP contribution in [0.2, 0.25) is 0 Å². The monoisotopic (exact) mass is 374 g/mol. The van der Waals surface area contributed by atoms with Crippen molar-refractivity contribution >= 4 is 11.9 Å². The molecule has 27 heavy (non-hydrogen) atoms. The Kier molecular flexibility index (Phi) is 5.18. The highest BCUT2D eigenvalue weighted by Crippen LogP contribution is 2.40. The van der Waals surface area contributed by atoms with E-state index in [9.17, 15) is 14.0 Å². The Morgan fingerprint density at radius 2 is 1.93 bits per heavy atom. The summed E-state index contributed by atoms with van der Waals surface area (Å²) in [6.07, 6.45) is 2.71. The molecule has 1 heterocycles. The van der Waals surface area contributed by atoms with Gasteiger partial charge in [0, 0.05) is 13.2 Å². The molecular weight excluding hydrogens is 351 g/mol. The summed E-state index contributed by atoms with van der Waals surface area (Å²) in [5.41, 5.74) is 6.57. The number of nitrogens with one attached hydrogen (secondary N) is 3. The summed E-state index contributed by atoms with van der Waals surface area (Å²) >= 11 is 0. The molecule has 1 aliphatic carbocycles. The van der Waals surface area contributed by atoms with Crippen molar-refractivity contribution in [1.82, 2.24) is 16.0 Å². The van der Waals surface area contributed by atoms with Crippen LogP contribution in [-0.2, 0) is 15.1 Å². The van der Waals surface area contributed by atoms with Gasteiger partial charge in [-0.1, -0.05) is 18.7 Å². The van der Waals surface area contributed by atoms with Crippen LogP contribution in [-0.4, -0.2) is 25.1 Å². The maximum absolute atomic E-state index is 13.2. The highest BCUT2D eigenvalue weighted by molar-refractivity contribution is 6.00. The molecule has 0 saturated heterocycles. The smallest absolute Gasteiger partial charge is 0.323 e. The highest BCUT2D eigenvalue weighted by Gasteiger charge is 2.38. The molecule has 8 heteroatoms. The van der Waals surface area contributed by atoms with Gasteiger partial charge in [-0.05, 0) is 43.4 Å². The average Bonchev–Trinajstić information content (AvgIpc) is 2.66. The molecule has 1 aromatic carbocycles. The van der Waals surface area contributed by atoms with E-state index in [1.54, 1.807) is 19.2 Å². The number of ether oxygens (including phenoxy) is 1. The van der Waals surface area contributed by atoms with Gasteiger partial charge >= 0.3 is 6.03 Å². The molecule has 0 atom stereocenters. The van der Waals surface area contributed by atoms with Crippen molar-refractivity contribution in [2.24, 2.45) is 5.73 Å². The summed E-state index contributed by atoms with van der Waals surface area (Å²) in [5.74, 6) is -0.734. The third-order valence-corrected chi connectivity index (χ3v) is 5.21. The number of methoxy groups -OCH3 is 1. The molecule has 0 spiro atoms. The number of hydrogen-bond acceptors (Lipinski definition) is 4. The lowest BCUT2D eigenvalue weighted by Crippen LogP contribution is -2.50. The maximum atomic E-state index is 13.2. The van der Waals surface area contributed by atoms with E-state index >= 15 is 0 Å².